The first-order valence-corrected chi connectivity index (χ1v) is 9.34. The lowest BCUT2D eigenvalue weighted by atomic mass is 9.84. The van der Waals surface area contributed by atoms with E-state index in [1.54, 1.807) is 0 Å². The molecule has 1 aliphatic carbocycles. The summed E-state index contributed by atoms with van der Waals surface area (Å²) in [6.45, 7) is 7.34. The Hall–Kier alpha value is -0.420. The van der Waals surface area contributed by atoms with Crippen LogP contribution in [0.2, 0.25) is 0 Å². The molecule has 118 valence electrons. The molecular formula is C17H28N2OS. The minimum Gasteiger partial charge on any atom is -0.379 e. The van der Waals surface area contributed by atoms with Gasteiger partial charge in [0.2, 0.25) is 0 Å². The van der Waals surface area contributed by atoms with Gasteiger partial charge in [0, 0.05) is 23.5 Å². The van der Waals surface area contributed by atoms with Gasteiger partial charge < -0.3 is 10.1 Å². The highest BCUT2D eigenvalue weighted by molar-refractivity contribution is 7.10. The molecule has 1 atom stereocenters. The Bertz CT molecular complexity index is 408. The predicted molar refractivity (Wildman–Crippen MR) is 88.9 cm³/mol. The minimum atomic E-state index is 0.309. The Balaban J connectivity index is 1.87. The number of morpholine rings is 1. The van der Waals surface area contributed by atoms with E-state index in [0.29, 0.717) is 11.6 Å². The van der Waals surface area contributed by atoms with E-state index in [-0.39, 0.29) is 0 Å². The normalized spacial score (nSPS) is 24.2. The van der Waals surface area contributed by atoms with Gasteiger partial charge in [-0.3, -0.25) is 4.90 Å². The zero-order valence-electron chi connectivity index (χ0n) is 13.1. The zero-order chi connectivity index (χ0) is 14.5. The van der Waals surface area contributed by atoms with Crippen LogP contribution in [0.15, 0.2) is 17.5 Å². The number of hydrogen-bond acceptors (Lipinski definition) is 4. The molecule has 1 aliphatic heterocycles. The summed E-state index contributed by atoms with van der Waals surface area (Å²) in [5.74, 6) is 0. The van der Waals surface area contributed by atoms with Gasteiger partial charge in [-0.15, -0.1) is 11.3 Å². The van der Waals surface area contributed by atoms with Crippen LogP contribution in [0.3, 0.4) is 0 Å². The van der Waals surface area contributed by atoms with Gasteiger partial charge in [0.15, 0.2) is 0 Å². The first-order valence-electron chi connectivity index (χ1n) is 8.46. The molecule has 3 nitrogen and oxygen atoms in total. The summed E-state index contributed by atoms with van der Waals surface area (Å²) in [7, 11) is 0. The summed E-state index contributed by atoms with van der Waals surface area (Å²) in [6.07, 6.45) is 6.58. The van der Waals surface area contributed by atoms with E-state index in [1.807, 2.05) is 11.3 Å². The van der Waals surface area contributed by atoms with Crippen molar-refractivity contribution in [2.24, 2.45) is 0 Å². The summed E-state index contributed by atoms with van der Waals surface area (Å²) < 4.78 is 5.60. The molecule has 1 N–H and O–H groups in total. The molecule has 1 saturated heterocycles. The second-order valence-electron chi connectivity index (χ2n) is 6.31. The van der Waals surface area contributed by atoms with Gasteiger partial charge in [-0.05, 0) is 37.3 Å². The van der Waals surface area contributed by atoms with E-state index in [0.717, 1.165) is 32.8 Å². The Kier molecular flexibility index (Phi) is 5.33. The minimum absolute atomic E-state index is 0.309. The van der Waals surface area contributed by atoms with Crippen molar-refractivity contribution in [1.82, 2.24) is 10.2 Å². The lowest BCUT2D eigenvalue weighted by Gasteiger charge is -2.48. The van der Waals surface area contributed by atoms with Crippen molar-refractivity contribution in [1.29, 1.82) is 0 Å². The molecule has 2 aliphatic rings. The topological polar surface area (TPSA) is 24.5 Å². The lowest BCUT2D eigenvalue weighted by molar-refractivity contribution is -0.0358. The zero-order valence-corrected chi connectivity index (χ0v) is 14.0. The van der Waals surface area contributed by atoms with Crippen molar-refractivity contribution in [3.8, 4) is 0 Å². The van der Waals surface area contributed by atoms with E-state index in [4.69, 9.17) is 4.74 Å². The average molecular weight is 308 g/mol. The molecule has 21 heavy (non-hydrogen) atoms. The largest absolute Gasteiger partial charge is 0.379 e. The van der Waals surface area contributed by atoms with Gasteiger partial charge >= 0.3 is 0 Å². The molecule has 1 unspecified atom stereocenters. The predicted octanol–water partition coefficient (Wildman–Crippen LogP) is 3.43. The van der Waals surface area contributed by atoms with Crippen LogP contribution < -0.4 is 5.32 Å². The second-order valence-corrected chi connectivity index (χ2v) is 7.29. The molecule has 0 radical (unpaired) electrons. The van der Waals surface area contributed by atoms with Gasteiger partial charge in [0.25, 0.3) is 0 Å². The van der Waals surface area contributed by atoms with Crippen molar-refractivity contribution in [3.05, 3.63) is 22.4 Å². The van der Waals surface area contributed by atoms with E-state index < -0.39 is 0 Å². The van der Waals surface area contributed by atoms with Crippen molar-refractivity contribution in [3.63, 3.8) is 0 Å². The molecule has 0 amide bonds. The van der Waals surface area contributed by atoms with E-state index >= 15 is 0 Å². The van der Waals surface area contributed by atoms with Crippen LogP contribution >= 0.6 is 11.3 Å². The molecule has 3 rings (SSSR count). The molecule has 0 bridgehead atoms. The van der Waals surface area contributed by atoms with Crippen LogP contribution in [-0.2, 0) is 4.74 Å². The fourth-order valence-corrected chi connectivity index (χ4v) is 4.99. The molecule has 2 fully saturated rings. The highest BCUT2D eigenvalue weighted by atomic mass is 32.1. The molecule has 1 aromatic heterocycles. The number of ether oxygens (including phenoxy) is 1. The van der Waals surface area contributed by atoms with Gasteiger partial charge in [-0.1, -0.05) is 25.8 Å². The monoisotopic (exact) mass is 308 g/mol. The fourth-order valence-electron chi connectivity index (χ4n) is 4.08. The third kappa shape index (κ3) is 3.19. The maximum absolute atomic E-state index is 5.60. The average Bonchev–Trinajstić information content (AvgIpc) is 3.21. The highest BCUT2D eigenvalue weighted by Gasteiger charge is 2.46. The van der Waals surface area contributed by atoms with Crippen LogP contribution in [0.1, 0.15) is 49.9 Å². The molecule has 2 heterocycles. The Morgan fingerprint density at radius 3 is 2.71 bits per heavy atom. The van der Waals surface area contributed by atoms with E-state index in [9.17, 15) is 0 Å². The smallest absolute Gasteiger partial charge is 0.0601 e. The molecule has 1 aromatic rings. The number of nitrogens with zero attached hydrogens (tertiary/aromatic N) is 1. The quantitative estimate of drug-likeness (QED) is 0.871. The fraction of sp³-hybridized carbons (Fsp3) is 0.765. The number of hydrogen-bond donors (Lipinski definition) is 1. The van der Waals surface area contributed by atoms with Crippen LogP contribution in [0.4, 0.5) is 0 Å². The van der Waals surface area contributed by atoms with Crippen LogP contribution in [0.5, 0.6) is 0 Å². The van der Waals surface area contributed by atoms with Gasteiger partial charge in [0.1, 0.15) is 0 Å². The number of thiophene rings is 1. The number of rotatable bonds is 6. The third-order valence-electron chi connectivity index (χ3n) is 5.07. The standard InChI is InChI=1S/C17H28N2OS/c1-2-9-18-16(15-6-5-14-21-15)17(7-3-4-8-17)19-10-12-20-13-11-19/h5-6,14,16,18H,2-4,7-13H2,1H3. The molecule has 0 aromatic carbocycles. The molecule has 1 saturated carbocycles. The summed E-state index contributed by atoms with van der Waals surface area (Å²) >= 11 is 1.91. The van der Waals surface area contributed by atoms with E-state index in [1.165, 1.54) is 37.0 Å². The SMILES string of the molecule is CCCNC(c1cccs1)C1(N2CCOCC2)CCCC1. The van der Waals surface area contributed by atoms with Crippen LogP contribution in [0, 0.1) is 0 Å². The first-order chi connectivity index (χ1) is 10.4. The maximum Gasteiger partial charge on any atom is 0.0601 e. The summed E-state index contributed by atoms with van der Waals surface area (Å²) in [5.41, 5.74) is 0.309. The highest BCUT2D eigenvalue weighted by Crippen LogP contribution is 2.45. The second kappa shape index (κ2) is 7.23. The van der Waals surface area contributed by atoms with Crippen molar-refractivity contribution >= 4 is 11.3 Å². The first kappa shape index (κ1) is 15.5. The summed E-state index contributed by atoms with van der Waals surface area (Å²) in [6, 6.07) is 5.00. The maximum atomic E-state index is 5.60. The Labute approximate surface area is 132 Å². The van der Waals surface area contributed by atoms with Crippen LogP contribution in [-0.4, -0.2) is 43.3 Å². The summed E-state index contributed by atoms with van der Waals surface area (Å²) in [4.78, 5) is 4.24. The molecule has 0 spiro atoms. The van der Waals surface area contributed by atoms with Gasteiger partial charge in [-0.2, -0.15) is 0 Å². The van der Waals surface area contributed by atoms with Crippen LogP contribution in [0.25, 0.3) is 0 Å². The third-order valence-corrected chi connectivity index (χ3v) is 6.01. The van der Waals surface area contributed by atoms with Crippen molar-refractivity contribution in [2.45, 2.75) is 50.6 Å². The van der Waals surface area contributed by atoms with Gasteiger partial charge in [-0.25, -0.2) is 0 Å². The molecule has 4 heteroatoms. The summed E-state index contributed by atoms with van der Waals surface area (Å²) in [5, 5.41) is 6.10. The Morgan fingerprint density at radius 1 is 1.33 bits per heavy atom. The Morgan fingerprint density at radius 2 is 2.10 bits per heavy atom. The molecular weight excluding hydrogens is 280 g/mol. The van der Waals surface area contributed by atoms with Gasteiger partial charge in [0.05, 0.1) is 19.3 Å². The van der Waals surface area contributed by atoms with Crippen molar-refractivity contribution < 1.29 is 4.74 Å². The van der Waals surface area contributed by atoms with E-state index in [2.05, 4.69) is 34.7 Å². The lowest BCUT2D eigenvalue weighted by Crippen LogP contribution is -2.58. The number of nitrogens with one attached hydrogen (secondary N) is 1. The van der Waals surface area contributed by atoms with Crippen molar-refractivity contribution in [2.75, 3.05) is 32.8 Å².